The van der Waals surface area contributed by atoms with Crippen molar-refractivity contribution in [2.45, 2.75) is 0 Å². The van der Waals surface area contributed by atoms with Crippen LogP contribution in [0.1, 0.15) is 0 Å². The maximum atomic E-state index is 10.6. The molecular weight excluding hydrogens is 272 g/mol. The van der Waals surface area contributed by atoms with Gasteiger partial charge in [-0.3, -0.25) is 0 Å². The third-order valence-corrected chi connectivity index (χ3v) is 3.20. The number of carbonyl (C=O) groups is 1. The number of carboxylic acid groups (broad SMARTS) is 1. The number of fused-ring (bicyclic) bond motifs is 1. The summed E-state index contributed by atoms with van der Waals surface area (Å²) in [6.45, 7) is 1.68. The number of aromatic nitrogens is 2. The number of rotatable bonds is 3. The van der Waals surface area contributed by atoms with Crippen LogP contribution < -0.4 is 5.32 Å². The molecule has 0 bridgehead atoms. The van der Waals surface area contributed by atoms with Crippen molar-refractivity contribution in [2.75, 3.05) is 25.0 Å². The Morgan fingerprint density at radius 2 is 2.32 bits per heavy atom. The molecule has 1 amide bonds. The summed E-state index contributed by atoms with van der Waals surface area (Å²) < 4.78 is 5.44. The largest absolute Gasteiger partial charge is 0.465 e. The number of halogens is 1. The van der Waals surface area contributed by atoms with E-state index in [4.69, 9.17) is 21.1 Å². The molecule has 19 heavy (non-hydrogen) atoms. The number of amides is 1. The first kappa shape index (κ1) is 12.0. The number of hydrogen-bond acceptors (Lipinski definition) is 5. The topological polar surface area (TPSA) is 91.5 Å². The average Bonchev–Trinajstić information content (AvgIpc) is 2.68. The lowest BCUT2D eigenvalue weighted by Crippen LogP contribution is -2.51. The van der Waals surface area contributed by atoms with Gasteiger partial charge in [0.05, 0.1) is 0 Å². The van der Waals surface area contributed by atoms with Crippen LogP contribution in [0, 0.1) is 5.92 Å². The SMILES string of the molecule is O=C(O)N1CC(CNc2nc3nc(Cl)ccc3o2)C1. The van der Waals surface area contributed by atoms with E-state index in [9.17, 15) is 4.79 Å². The van der Waals surface area contributed by atoms with Crippen LogP contribution in [0.2, 0.25) is 5.15 Å². The molecule has 0 saturated carbocycles. The monoisotopic (exact) mass is 282 g/mol. The molecule has 0 aliphatic carbocycles. The lowest BCUT2D eigenvalue weighted by molar-refractivity contribution is 0.0862. The van der Waals surface area contributed by atoms with Crippen LogP contribution in [0.5, 0.6) is 0 Å². The molecular formula is C11H11ClN4O3. The highest BCUT2D eigenvalue weighted by molar-refractivity contribution is 6.29. The van der Waals surface area contributed by atoms with E-state index in [1.807, 2.05) is 0 Å². The number of hydrogen-bond donors (Lipinski definition) is 2. The zero-order valence-corrected chi connectivity index (χ0v) is 10.6. The molecule has 7 nitrogen and oxygen atoms in total. The summed E-state index contributed by atoms with van der Waals surface area (Å²) in [5.74, 6) is 0.280. The summed E-state index contributed by atoms with van der Waals surface area (Å²) in [6, 6.07) is 3.71. The lowest BCUT2D eigenvalue weighted by Gasteiger charge is -2.36. The summed E-state index contributed by atoms with van der Waals surface area (Å²) in [5, 5.41) is 12.1. The maximum Gasteiger partial charge on any atom is 0.407 e. The fourth-order valence-corrected chi connectivity index (χ4v) is 2.10. The third-order valence-electron chi connectivity index (χ3n) is 2.99. The van der Waals surface area contributed by atoms with Gasteiger partial charge < -0.3 is 19.7 Å². The Labute approximate surface area is 113 Å². The van der Waals surface area contributed by atoms with Crippen molar-refractivity contribution in [1.82, 2.24) is 14.9 Å². The molecule has 2 aromatic heterocycles. The number of anilines is 1. The van der Waals surface area contributed by atoms with Gasteiger partial charge in [-0.05, 0) is 12.1 Å². The Kier molecular flexibility index (Phi) is 2.90. The number of likely N-dealkylation sites (tertiary alicyclic amines) is 1. The Bertz CT molecular complexity index is 623. The van der Waals surface area contributed by atoms with Gasteiger partial charge in [0.15, 0.2) is 5.58 Å². The minimum absolute atomic E-state index is 0.280. The van der Waals surface area contributed by atoms with Crippen molar-refractivity contribution in [2.24, 2.45) is 5.92 Å². The quantitative estimate of drug-likeness (QED) is 0.836. The minimum Gasteiger partial charge on any atom is -0.465 e. The van der Waals surface area contributed by atoms with Crippen LogP contribution in [0.3, 0.4) is 0 Å². The fraction of sp³-hybridized carbons (Fsp3) is 0.364. The van der Waals surface area contributed by atoms with E-state index < -0.39 is 6.09 Å². The lowest BCUT2D eigenvalue weighted by atomic mass is 10.0. The van der Waals surface area contributed by atoms with Crippen LogP contribution in [0.15, 0.2) is 16.5 Å². The molecule has 100 valence electrons. The standard InChI is InChI=1S/C11H11ClN4O3/c12-8-2-1-7-9(14-8)15-10(19-7)13-3-6-4-16(5-6)11(17)18/h1-2,6H,3-5H2,(H,17,18)(H,13,14,15). The highest BCUT2D eigenvalue weighted by atomic mass is 35.5. The molecule has 0 atom stereocenters. The summed E-state index contributed by atoms with van der Waals surface area (Å²) in [4.78, 5) is 20.1. The first-order valence-corrected chi connectivity index (χ1v) is 6.14. The Morgan fingerprint density at radius 1 is 1.53 bits per heavy atom. The summed E-state index contributed by atoms with van der Waals surface area (Å²) in [7, 11) is 0. The van der Waals surface area contributed by atoms with Crippen molar-refractivity contribution in [3.05, 3.63) is 17.3 Å². The van der Waals surface area contributed by atoms with Crippen LogP contribution >= 0.6 is 11.6 Å². The molecule has 2 aromatic rings. The first-order valence-electron chi connectivity index (χ1n) is 5.76. The van der Waals surface area contributed by atoms with Gasteiger partial charge in [0.1, 0.15) is 5.15 Å². The van der Waals surface area contributed by atoms with Gasteiger partial charge in [0, 0.05) is 25.6 Å². The first-order chi connectivity index (χ1) is 9.11. The smallest absolute Gasteiger partial charge is 0.407 e. The van der Waals surface area contributed by atoms with Gasteiger partial charge >= 0.3 is 6.09 Å². The maximum absolute atomic E-state index is 10.6. The Balaban J connectivity index is 1.59. The predicted octanol–water partition coefficient (Wildman–Crippen LogP) is 1.90. The minimum atomic E-state index is -0.878. The second kappa shape index (κ2) is 4.58. The number of nitrogens with zero attached hydrogens (tertiary/aromatic N) is 3. The normalized spacial score (nSPS) is 15.5. The van der Waals surface area contributed by atoms with Gasteiger partial charge in [0.2, 0.25) is 5.65 Å². The molecule has 0 unspecified atom stereocenters. The second-order valence-corrected chi connectivity index (χ2v) is 4.80. The molecule has 0 aromatic carbocycles. The third kappa shape index (κ3) is 2.41. The zero-order chi connectivity index (χ0) is 13.4. The Hall–Kier alpha value is -2.02. The predicted molar refractivity (Wildman–Crippen MR) is 68.4 cm³/mol. The molecule has 2 N–H and O–H groups in total. The van der Waals surface area contributed by atoms with Crippen molar-refractivity contribution in [3.8, 4) is 0 Å². The summed E-state index contributed by atoms with van der Waals surface area (Å²) >= 11 is 5.76. The van der Waals surface area contributed by atoms with Crippen molar-refractivity contribution in [1.29, 1.82) is 0 Å². The van der Waals surface area contributed by atoms with Crippen molar-refractivity contribution in [3.63, 3.8) is 0 Å². The zero-order valence-electron chi connectivity index (χ0n) is 9.84. The second-order valence-electron chi connectivity index (χ2n) is 4.41. The molecule has 8 heteroatoms. The fourth-order valence-electron chi connectivity index (χ4n) is 1.96. The van der Waals surface area contributed by atoms with Crippen LogP contribution in [0.4, 0.5) is 10.8 Å². The van der Waals surface area contributed by atoms with Gasteiger partial charge in [-0.25, -0.2) is 9.78 Å². The molecule has 3 rings (SSSR count). The van der Waals surface area contributed by atoms with E-state index in [0.717, 1.165) is 0 Å². The molecule has 0 radical (unpaired) electrons. The number of pyridine rings is 1. The van der Waals surface area contributed by atoms with Crippen molar-refractivity contribution >= 4 is 34.9 Å². The number of nitrogens with one attached hydrogen (secondary N) is 1. The highest BCUT2D eigenvalue weighted by Gasteiger charge is 2.30. The summed E-state index contributed by atoms with van der Waals surface area (Å²) in [6.07, 6.45) is -0.878. The molecule has 1 aliphatic rings. The Morgan fingerprint density at radius 3 is 3.05 bits per heavy atom. The average molecular weight is 283 g/mol. The summed E-state index contributed by atoms with van der Waals surface area (Å²) in [5.41, 5.74) is 1.02. The van der Waals surface area contributed by atoms with Crippen LogP contribution in [-0.4, -0.2) is 45.7 Å². The highest BCUT2D eigenvalue weighted by Crippen LogP contribution is 2.21. The molecule has 1 saturated heterocycles. The van der Waals surface area contributed by atoms with E-state index >= 15 is 0 Å². The molecule has 3 heterocycles. The van der Waals surface area contributed by atoms with Gasteiger partial charge in [-0.2, -0.15) is 4.98 Å². The van der Waals surface area contributed by atoms with E-state index in [1.165, 1.54) is 4.90 Å². The molecule has 1 aliphatic heterocycles. The number of oxazole rings is 1. The van der Waals surface area contributed by atoms with Crippen LogP contribution in [-0.2, 0) is 0 Å². The van der Waals surface area contributed by atoms with Gasteiger partial charge in [-0.1, -0.05) is 11.6 Å². The van der Waals surface area contributed by atoms with Gasteiger partial charge in [-0.15, -0.1) is 0 Å². The van der Waals surface area contributed by atoms with Crippen molar-refractivity contribution < 1.29 is 14.3 Å². The van der Waals surface area contributed by atoms with E-state index in [2.05, 4.69) is 15.3 Å². The van der Waals surface area contributed by atoms with Gasteiger partial charge in [0.25, 0.3) is 6.01 Å². The molecule has 0 spiro atoms. The van der Waals surface area contributed by atoms with E-state index in [-0.39, 0.29) is 5.92 Å². The van der Waals surface area contributed by atoms with E-state index in [1.54, 1.807) is 12.1 Å². The van der Waals surface area contributed by atoms with Crippen LogP contribution in [0.25, 0.3) is 11.2 Å². The molecule has 1 fully saturated rings. The van der Waals surface area contributed by atoms with E-state index in [0.29, 0.717) is 42.0 Å².